The lowest BCUT2D eigenvalue weighted by molar-refractivity contribution is 0.0683. The summed E-state index contributed by atoms with van der Waals surface area (Å²) >= 11 is 0. The molecule has 0 spiro atoms. The van der Waals surface area contributed by atoms with Gasteiger partial charge in [-0.3, -0.25) is 0 Å². The minimum atomic E-state index is -0.492. The number of nitrogens with zero attached hydrogens (tertiary/aromatic N) is 1. The van der Waals surface area contributed by atoms with E-state index in [0.717, 1.165) is 39.0 Å². The maximum Gasteiger partial charge on any atom is 0.0758 e. The summed E-state index contributed by atoms with van der Waals surface area (Å²) in [6.07, 6.45) is 1.98. The zero-order valence-corrected chi connectivity index (χ0v) is 13.9. The summed E-state index contributed by atoms with van der Waals surface area (Å²) in [4.78, 5) is 2.38. The molecule has 1 heterocycles. The minimum absolute atomic E-state index is 0.402. The Morgan fingerprint density at radius 3 is 2.48 bits per heavy atom. The molecular weight excluding hydrogens is 260 g/mol. The summed E-state index contributed by atoms with van der Waals surface area (Å²) in [6.45, 7) is 12.3. The van der Waals surface area contributed by atoms with Gasteiger partial charge in [0.2, 0.25) is 0 Å². The van der Waals surface area contributed by atoms with E-state index in [1.54, 1.807) is 0 Å². The Balaban J connectivity index is 1.99. The van der Waals surface area contributed by atoms with Gasteiger partial charge < -0.3 is 15.3 Å². The van der Waals surface area contributed by atoms with Gasteiger partial charge in [-0.15, -0.1) is 0 Å². The van der Waals surface area contributed by atoms with E-state index in [1.165, 1.54) is 16.7 Å². The molecule has 2 unspecified atom stereocenters. The predicted molar refractivity (Wildman–Crippen MR) is 88.6 cm³/mol. The molecule has 1 fully saturated rings. The summed E-state index contributed by atoms with van der Waals surface area (Å²) in [6, 6.07) is 7.21. The van der Waals surface area contributed by atoms with E-state index >= 15 is 0 Å². The van der Waals surface area contributed by atoms with Gasteiger partial charge in [0.05, 0.1) is 5.60 Å². The molecule has 2 rings (SSSR count). The van der Waals surface area contributed by atoms with Crippen LogP contribution >= 0.6 is 0 Å². The Kier molecular flexibility index (Phi) is 5.42. The summed E-state index contributed by atoms with van der Waals surface area (Å²) < 4.78 is 0. The quantitative estimate of drug-likeness (QED) is 0.845. The third-order valence-electron chi connectivity index (χ3n) is 4.36. The van der Waals surface area contributed by atoms with Crippen LogP contribution in [0.3, 0.4) is 0 Å². The van der Waals surface area contributed by atoms with Gasteiger partial charge >= 0.3 is 0 Å². The van der Waals surface area contributed by atoms with Crippen LogP contribution < -0.4 is 5.32 Å². The van der Waals surface area contributed by atoms with Crippen LogP contribution in [0.2, 0.25) is 0 Å². The van der Waals surface area contributed by atoms with Crippen LogP contribution in [0.15, 0.2) is 18.2 Å². The van der Waals surface area contributed by atoms with Crippen molar-refractivity contribution >= 4 is 0 Å². The lowest BCUT2D eigenvalue weighted by Gasteiger charge is -2.24. The Hall–Kier alpha value is -0.900. The molecule has 1 aromatic carbocycles. The van der Waals surface area contributed by atoms with E-state index in [9.17, 15) is 5.11 Å². The Morgan fingerprint density at radius 2 is 1.95 bits per heavy atom. The van der Waals surface area contributed by atoms with Crippen LogP contribution in [0.25, 0.3) is 0 Å². The lowest BCUT2D eigenvalue weighted by Crippen LogP contribution is -2.32. The molecule has 1 aliphatic heterocycles. The van der Waals surface area contributed by atoms with Gasteiger partial charge in [0, 0.05) is 25.7 Å². The fourth-order valence-electron chi connectivity index (χ4n) is 3.39. The molecule has 0 radical (unpaired) electrons. The average molecular weight is 290 g/mol. The van der Waals surface area contributed by atoms with E-state index < -0.39 is 5.60 Å². The van der Waals surface area contributed by atoms with Crippen molar-refractivity contribution in [3.8, 4) is 0 Å². The van der Waals surface area contributed by atoms with Crippen molar-refractivity contribution in [3.05, 3.63) is 34.9 Å². The van der Waals surface area contributed by atoms with Gasteiger partial charge in [-0.1, -0.05) is 36.2 Å². The highest BCUT2D eigenvalue weighted by Crippen LogP contribution is 2.24. The number of aryl methyl sites for hydroxylation is 2. The number of β-amino-alcohol motifs (C(OH)–C–C–N with tert-alkyl or cyclic N) is 1. The van der Waals surface area contributed by atoms with Crippen molar-refractivity contribution in [1.29, 1.82) is 0 Å². The molecule has 0 saturated carbocycles. The molecule has 0 amide bonds. The molecule has 3 heteroatoms. The normalized spacial score (nSPS) is 24.4. The highest BCUT2D eigenvalue weighted by atomic mass is 16.3. The van der Waals surface area contributed by atoms with Crippen molar-refractivity contribution < 1.29 is 5.11 Å². The predicted octanol–water partition coefficient (Wildman–Crippen LogP) is 2.80. The number of hydrogen-bond acceptors (Lipinski definition) is 3. The second-order valence-electron chi connectivity index (χ2n) is 6.84. The number of hydrogen-bond donors (Lipinski definition) is 2. The molecule has 118 valence electrons. The number of aliphatic hydroxyl groups is 1. The summed E-state index contributed by atoms with van der Waals surface area (Å²) in [5.41, 5.74) is 3.56. The van der Waals surface area contributed by atoms with Gasteiger partial charge in [-0.2, -0.15) is 0 Å². The van der Waals surface area contributed by atoms with E-state index in [-0.39, 0.29) is 0 Å². The molecule has 21 heavy (non-hydrogen) atoms. The molecule has 0 aliphatic carbocycles. The molecule has 1 aliphatic rings. The van der Waals surface area contributed by atoms with Crippen LogP contribution in [0, 0.1) is 13.8 Å². The van der Waals surface area contributed by atoms with Crippen LogP contribution in [0.5, 0.6) is 0 Å². The standard InChI is InChI=1S/C18H30N2O/c1-5-19-17(16-11-14(2)10-15(3)12-16)6-8-20-9-7-18(4,21)13-20/h10-12,17,19,21H,5-9,13H2,1-4H3. The lowest BCUT2D eigenvalue weighted by atomic mass is 9.99. The Morgan fingerprint density at radius 1 is 1.29 bits per heavy atom. The van der Waals surface area contributed by atoms with Crippen molar-refractivity contribution in [3.63, 3.8) is 0 Å². The molecule has 2 atom stereocenters. The van der Waals surface area contributed by atoms with E-state index in [0.29, 0.717) is 6.04 Å². The smallest absolute Gasteiger partial charge is 0.0758 e. The maximum absolute atomic E-state index is 10.1. The first-order valence-corrected chi connectivity index (χ1v) is 8.16. The van der Waals surface area contributed by atoms with E-state index in [1.807, 2.05) is 6.92 Å². The molecule has 0 bridgehead atoms. The van der Waals surface area contributed by atoms with Crippen LogP contribution in [-0.2, 0) is 0 Å². The summed E-state index contributed by atoms with van der Waals surface area (Å²) in [5.74, 6) is 0. The topological polar surface area (TPSA) is 35.5 Å². The first kappa shape index (κ1) is 16.5. The second-order valence-corrected chi connectivity index (χ2v) is 6.84. The van der Waals surface area contributed by atoms with E-state index in [2.05, 4.69) is 49.2 Å². The van der Waals surface area contributed by atoms with Crippen molar-refractivity contribution in [2.24, 2.45) is 0 Å². The second kappa shape index (κ2) is 6.91. The van der Waals surface area contributed by atoms with Crippen molar-refractivity contribution in [1.82, 2.24) is 10.2 Å². The number of likely N-dealkylation sites (tertiary alicyclic amines) is 1. The first-order chi connectivity index (χ1) is 9.89. The highest BCUT2D eigenvalue weighted by Gasteiger charge is 2.31. The van der Waals surface area contributed by atoms with Gasteiger partial charge in [-0.25, -0.2) is 0 Å². The van der Waals surface area contributed by atoms with Gasteiger partial charge in [0.25, 0.3) is 0 Å². The van der Waals surface area contributed by atoms with Gasteiger partial charge in [0.15, 0.2) is 0 Å². The molecule has 1 saturated heterocycles. The molecule has 1 aromatic rings. The fourth-order valence-corrected chi connectivity index (χ4v) is 3.39. The first-order valence-electron chi connectivity index (χ1n) is 8.16. The Labute approximate surface area is 129 Å². The van der Waals surface area contributed by atoms with Crippen LogP contribution in [0.4, 0.5) is 0 Å². The van der Waals surface area contributed by atoms with Crippen molar-refractivity contribution in [2.75, 3.05) is 26.2 Å². The highest BCUT2D eigenvalue weighted by molar-refractivity contribution is 5.30. The zero-order chi connectivity index (χ0) is 15.5. The molecule has 2 N–H and O–H groups in total. The van der Waals surface area contributed by atoms with Crippen molar-refractivity contribution in [2.45, 2.75) is 52.2 Å². The SMILES string of the molecule is CCNC(CCN1CCC(C)(O)C1)c1cc(C)cc(C)c1. The van der Waals surface area contributed by atoms with E-state index in [4.69, 9.17) is 0 Å². The molecule has 0 aromatic heterocycles. The number of rotatable bonds is 6. The molecular formula is C18H30N2O. The maximum atomic E-state index is 10.1. The largest absolute Gasteiger partial charge is 0.389 e. The Bertz CT molecular complexity index is 450. The monoisotopic (exact) mass is 290 g/mol. The summed E-state index contributed by atoms with van der Waals surface area (Å²) in [5, 5.41) is 13.7. The third kappa shape index (κ3) is 4.80. The zero-order valence-electron chi connectivity index (χ0n) is 13.9. The van der Waals surface area contributed by atoms with Gasteiger partial charge in [-0.05, 0) is 45.7 Å². The van der Waals surface area contributed by atoms with Crippen LogP contribution in [0.1, 0.15) is 49.4 Å². The number of benzene rings is 1. The van der Waals surface area contributed by atoms with Gasteiger partial charge in [0.1, 0.15) is 0 Å². The molecule has 3 nitrogen and oxygen atoms in total. The average Bonchev–Trinajstić information content (AvgIpc) is 2.73. The fraction of sp³-hybridized carbons (Fsp3) is 0.667. The summed E-state index contributed by atoms with van der Waals surface area (Å²) in [7, 11) is 0. The van der Waals surface area contributed by atoms with Crippen LogP contribution in [-0.4, -0.2) is 41.8 Å². The third-order valence-corrected chi connectivity index (χ3v) is 4.36. The minimum Gasteiger partial charge on any atom is -0.389 e. The number of nitrogens with one attached hydrogen (secondary N) is 1.